The Labute approximate surface area is 185 Å². The number of hydrogen-bond donors (Lipinski definition) is 1. The molecule has 0 aliphatic heterocycles. The molecule has 158 valence electrons. The monoisotopic (exact) mass is 463 g/mol. The van der Waals surface area contributed by atoms with Crippen LogP contribution in [0.2, 0.25) is 5.02 Å². The number of amides is 1. The highest BCUT2D eigenvalue weighted by molar-refractivity contribution is 7.91. The van der Waals surface area contributed by atoms with E-state index in [-0.39, 0.29) is 28.4 Å². The molecular formula is C21H22ClN3O3S2. The number of nitrogens with one attached hydrogen (secondary N) is 1. The smallest absolute Gasteiger partial charge is 0.257 e. The molecule has 0 aliphatic carbocycles. The van der Waals surface area contributed by atoms with Gasteiger partial charge in [0.1, 0.15) is 5.01 Å². The summed E-state index contributed by atoms with van der Waals surface area (Å²) in [4.78, 5) is 12.6. The predicted octanol–water partition coefficient (Wildman–Crippen LogP) is 4.76. The lowest BCUT2D eigenvalue weighted by atomic mass is 9.87. The quantitative estimate of drug-likeness (QED) is 0.569. The van der Waals surface area contributed by atoms with Crippen LogP contribution in [0, 0.1) is 0 Å². The molecule has 9 heteroatoms. The van der Waals surface area contributed by atoms with Crippen LogP contribution in [0.1, 0.15) is 41.7 Å². The van der Waals surface area contributed by atoms with Gasteiger partial charge in [-0.05, 0) is 47.4 Å². The third-order valence-electron chi connectivity index (χ3n) is 4.46. The minimum atomic E-state index is -3.46. The summed E-state index contributed by atoms with van der Waals surface area (Å²) < 4.78 is 24.9. The maximum absolute atomic E-state index is 12.4. The van der Waals surface area contributed by atoms with Gasteiger partial charge in [-0.15, -0.1) is 10.2 Å². The second-order valence-electron chi connectivity index (χ2n) is 7.81. The average molecular weight is 464 g/mol. The van der Waals surface area contributed by atoms with Gasteiger partial charge in [-0.1, -0.05) is 55.8 Å². The molecule has 1 aromatic heterocycles. The van der Waals surface area contributed by atoms with Crippen LogP contribution in [0.15, 0.2) is 53.4 Å². The van der Waals surface area contributed by atoms with Crippen LogP contribution in [0.5, 0.6) is 0 Å². The van der Waals surface area contributed by atoms with Crippen molar-refractivity contribution in [3.63, 3.8) is 0 Å². The molecule has 2 aromatic carbocycles. The number of aryl methyl sites for hydroxylation is 1. The van der Waals surface area contributed by atoms with Crippen LogP contribution in [0.3, 0.4) is 0 Å². The van der Waals surface area contributed by atoms with Crippen LogP contribution in [0.25, 0.3) is 0 Å². The number of anilines is 1. The highest BCUT2D eigenvalue weighted by Crippen LogP contribution is 2.23. The van der Waals surface area contributed by atoms with Gasteiger partial charge < -0.3 is 0 Å². The van der Waals surface area contributed by atoms with Crippen LogP contribution in [-0.2, 0) is 21.7 Å². The number of sulfone groups is 1. The fourth-order valence-corrected chi connectivity index (χ4v) is 4.92. The molecule has 0 fully saturated rings. The number of carbonyl (C=O) groups excluding carboxylic acids is 1. The Kier molecular flexibility index (Phi) is 6.59. The van der Waals surface area contributed by atoms with Gasteiger partial charge >= 0.3 is 0 Å². The van der Waals surface area contributed by atoms with E-state index in [4.69, 9.17) is 11.6 Å². The summed E-state index contributed by atoms with van der Waals surface area (Å²) in [6.45, 7) is 6.33. The lowest BCUT2D eigenvalue weighted by molar-refractivity contribution is 0.102. The first-order chi connectivity index (χ1) is 14.0. The van der Waals surface area contributed by atoms with Crippen LogP contribution in [0.4, 0.5) is 5.13 Å². The van der Waals surface area contributed by atoms with Gasteiger partial charge in [-0.2, -0.15) is 0 Å². The summed E-state index contributed by atoms with van der Waals surface area (Å²) >= 11 is 6.97. The SMILES string of the molecule is CC(C)(C)c1ccc(C(=O)Nc2nnc(CCS(=O)(=O)c3ccc(Cl)cc3)s2)cc1. The molecule has 0 unspecified atom stereocenters. The Morgan fingerprint density at radius 3 is 2.27 bits per heavy atom. The van der Waals surface area contributed by atoms with Crippen molar-refractivity contribution in [1.29, 1.82) is 0 Å². The Hall–Kier alpha value is -2.29. The summed E-state index contributed by atoms with van der Waals surface area (Å²) in [5, 5.41) is 12.0. The summed E-state index contributed by atoms with van der Waals surface area (Å²) in [6, 6.07) is 13.5. The van der Waals surface area contributed by atoms with Crippen LogP contribution in [-0.4, -0.2) is 30.3 Å². The molecular weight excluding hydrogens is 442 g/mol. The highest BCUT2D eigenvalue weighted by atomic mass is 35.5. The fourth-order valence-electron chi connectivity index (χ4n) is 2.68. The first-order valence-corrected chi connectivity index (χ1v) is 12.1. The fraction of sp³-hybridized carbons (Fsp3) is 0.286. The maximum Gasteiger partial charge on any atom is 0.257 e. The van der Waals surface area contributed by atoms with Gasteiger partial charge in [0.05, 0.1) is 10.6 Å². The topological polar surface area (TPSA) is 89.0 Å². The van der Waals surface area contributed by atoms with E-state index in [1.807, 2.05) is 12.1 Å². The molecule has 1 amide bonds. The molecule has 0 spiro atoms. The van der Waals surface area contributed by atoms with E-state index in [0.717, 1.165) is 16.9 Å². The average Bonchev–Trinajstić information content (AvgIpc) is 3.14. The first-order valence-electron chi connectivity index (χ1n) is 9.27. The van der Waals surface area contributed by atoms with Crippen molar-refractivity contribution in [2.75, 3.05) is 11.1 Å². The van der Waals surface area contributed by atoms with E-state index in [0.29, 0.717) is 20.7 Å². The van der Waals surface area contributed by atoms with Crippen molar-refractivity contribution in [3.05, 3.63) is 69.7 Å². The number of hydrogen-bond acceptors (Lipinski definition) is 6. The number of aromatic nitrogens is 2. The van der Waals surface area contributed by atoms with Gasteiger partial charge in [0, 0.05) is 17.0 Å². The van der Waals surface area contributed by atoms with E-state index in [2.05, 4.69) is 36.3 Å². The van der Waals surface area contributed by atoms with Crippen LogP contribution < -0.4 is 5.32 Å². The normalized spacial score (nSPS) is 12.0. The van der Waals surface area contributed by atoms with Crippen molar-refractivity contribution in [3.8, 4) is 0 Å². The second kappa shape index (κ2) is 8.83. The Morgan fingerprint density at radius 2 is 1.67 bits per heavy atom. The third kappa shape index (κ3) is 5.65. The number of nitrogens with zero attached hydrogens (tertiary/aromatic N) is 2. The summed E-state index contributed by atoms with van der Waals surface area (Å²) in [5.41, 5.74) is 1.67. The number of carbonyl (C=O) groups is 1. The first kappa shape index (κ1) is 22.4. The summed E-state index contributed by atoms with van der Waals surface area (Å²) in [6.07, 6.45) is 0.207. The van der Waals surface area contributed by atoms with Crippen LogP contribution >= 0.6 is 22.9 Å². The van der Waals surface area contributed by atoms with Gasteiger partial charge in [0.15, 0.2) is 9.84 Å². The molecule has 0 saturated heterocycles. The van der Waals surface area contributed by atoms with Gasteiger partial charge in [-0.3, -0.25) is 10.1 Å². The van der Waals surface area contributed by atoms with E-state index < -0.39 is 9.84 Å². The van der Waals surface area contributed by atoms with Crippen molar-refractivity contribution < 1.29 is 13.2 Å². The molecule has 0 bridgehead atoms. The molecule has 0 atom stereocenters. The minimum Gasteiger partial charge on any atom is -0.296 e. The molecule has 3 rings (SSSR count). The molecule has 0 saturated carbocycles. The molecule has 3 aromatic rings. The number of halogens is 1. The molecule has 30 heavy (non-hydrogen) atoms. The van der Waals surface area contributed by atoms with E-state index >= 15 is 0 Å². The Morgan fingerprint density at radius 1 is 1.03 bits per heavy atom. The third-order valence-corrected chi connectivity index (χ3v) is 7.34. The zero-order chi connectivity index (χ0) is 21.9. The highest BCUT2D eigenvalue weighted by Gasteiger charge is 2.18. The Balaban J connectivity index is 1.61. The lowest BCUT2D eigenvalue weighted by Crippen LogP contribution is -2.14. The number of rotatable bonds is 6. The van der Waals surface area contributed by atoms with E-state index in [1.54, 1.807) is 24.3 Å². The van der Waals surface area contributed by atoms with E-state index in [9.17, 15) is 13.2 Å². The number of benzene rings is 2. The zero-order valence-electron chi connectivity index (χ0n) is 16.8. The molecule has 1 N–H and O–H groups in total. The lowest BCUT2D eigenvalue weighted by Gasteiger charge is -2.18. The Bertz CT molecular complexity index is 1130. The molecule has 1 heterocycles. The molecule has 0 radical (unpaired) electrons. The predicted molar refractivity (Wildman–Crippen MR) is 120 cm³/mol. The summed E-state index contributed by atoms with van der Waals surface area (Å²) in [5.74, 6) is -0.391. The zero-order valence-corrected chi connectivity index (χ0v) is 19.2. The van der Waals surface area contributed by atoms with Crippen molar-refractivity contribution in [1.82, 2.24) is 10.2 Å². The van der Waals surface area contributed by atoms with Gasteiger partial charge in [0.25, 0.3) is 5.91 Å². The van der Waals surface area contributed by atoms with E-state index in [1.165, 1.54) is 12.1 Å². The van der Waals surface area contributed by atoms with Gasteiger partial charge in [-0.25, -0.2) is 8.42 Å². The van der Waals surface area contributed by atoms with Crippen molar-refractivity contribution >= 4 is 43.8 Å². The second-order valence-corrected chi connectivity index (χ2v) is 11.4. The van der Waals surface area contributed by atoms with Crippen molar-refractivity contribution in [2.24, 2.45) is 0 Å². The standard InChI is InChI=1S/C21H22ClN3O3S2/c1-21(2,3)15-6-4-14(5-7-15)19(26)23-20-25-24-18(29-20)12-13-30(27,28)17-10-8-16(22)9-11-17/h4-11H,12-13H2,1-3H3,(H,23,25,26). The maximum atomic E-state index is 12.4. The van der Waals surface area contributed by atoms with Crippen molar-refractivity contribution in [2.45, 2.75) is 37.5 Å². The summed E-state index contributed by atoms with van der Waals surface area (Å²) in [7, 11) is -3.46. The van der Waals surface area contributed by atoms with Gasteiger partial charge in [0.2, 0.25) is 5.13 Å². The molecule has 0 aliphatic rings. The minimum absolute atomic E-state index is 0.00941. The molecule has 6 nitrogen and oxygen atoms in total. The largest absolute Gasteiger partial charge is 0.296 e.